The number of carbonyl (C=O) groups excluding carboxylic acids is 3. The number of rotatable bonds is 3. The van der Waals surface area contributed by atoms with Crippen LogP contribution in [0, 0.1) is 0 Å². The zero-order valence-electron chi connectivity index (χ0n) is 16.4. The van der Waals surface area contributed by atoms with Gasteiger partial charge in [-0.1, -0.05) is 18.2 Å². The number of amides is 3. The molecule has 3 fully saturated rings. The lowest BCUT2D eigenvalue weighted by molar-refractivity contribution is -0.136. The van der Waals surface area contributed by atoms with Gasteiger partial charge < -0.3 is 15.0 Å². The molecule has 4 aliphatic heterocycles. The van der Waals surface area contributed by atoms with Crippen molar-refractivity contribution in [1.82, 2.24) is 20.4 Å². The Morgan fingerprint density at radius 1 is 1.17 bits per heavy atom. The third-order valence-corrected chi connectivity index (χ3v) is 6.51. The molecule has 4 aliphatic rings. The fourth-order valence-electron chi connectivity index (χ4n) is 5.05. The lowest BCUT2D eigenvalue weighted by Gasteiger charge is -2.41. The van der Waals surface area contributed by atoms with Crippen LogP contribution in [-0.4, -0.2) is 72.0 Å². The number of ether oxygens (including phenoxy) is 1. The van der Waals surface area contributed by atoms with Gasteiger partial charge in [0.25, 0.3) is 5.91 Å². The van der Waals surface area contributed by atoms with Gasteiger partial charge in [0.05, 0.1) is 12.7 Å². The van der Waals surface area contributed by atoms with Crippen molar-refractivity contribution in [2.75, 3.05) is 26.2 Å². The molecule has 154 valence electrons. The summed E-state index contributed by atoms with van der Waals surface area (Å²) in [6, 6.07) is 5.74. The summed E-state index contributed by atoms with van der Waals surface area (Å²) in [5.41, 5.74) is 2.70. The van der Waals surface area contributed by atoms with Gasteiger partial charge >= 0.3 is 0 Å². The highest BCUT2D eigenvalue weighted by Crippen LogP contribution is 2.31. The van der Waals surface area contributed by atoms with E-state index in [1.165, 1.54) is 0 Å². The third-order valence-electron chi connectivity index (χ3n) is 6.51. The van der Waals surface area contributed by atoms with E-state index in [1.54, 1.807) is 4.90 Å². The number of fused-ring (bicyclic) bond motifs is 2. The van der Waals surface area contributed by atoms with Crippen LogP contribution in [0.4, 0.5) is 0 Å². The molecule has 2 N–H and O–H groups in total. The Balaban J connectivity index is 1.32. The third kappa shape index (κ3) is 3.45. The lowest BCUT2D eigenvalue weighted by atomic mass is 9.98. The molecule has 0 saturated carbocycles. The molecule has 0 radical (unpaired) electrons. The second kappa shape index (κ2) is 7.51. The van der Waals surface area contributed by atoms with Crippen LogP contribution < -0.4 is 10.6 Å². The number of imide groups is 1. The van der Waals surface area contributed by atoms with E-state index in [0.717, 1.165) is 49.4 Å². The van der Waals surface area contributed by atoms with Crippen molar-refractivity contribution in [3.63, 3.8) is 0 Å². The van der Waals surface area contributed by atoms with Gasteiger partial charge in [0.2, 0.25) is 11.8 Å². The van der Waals surface area contributed by atoms with Gasteiger partial charge in [0, 0.05) is 50.7 Å². The first kappa shape index (κ1) is 18.7. The highest BCUT2D eigenvalue weighted by Gasteiger charge is 2.40. The number of hydrogen-bond acceptors (Lipinski definition) is 6. The zero-order valence-corrected chi connectivity index (χ0v) is 16.4. The summed E-state index contributed by atoms with van der Waals surface area (Å²) in [5.74, 6) is -0.728. The maximum absolute atomic E-state index is 13.2. The number of likely N-dealkylation sites (tertiary alicyclic amines) is 1. The van der Waals surface area contributed by atoms with E-state index in [9.17, 15) is 14.4 Å². The van der Waals surface area contributed by atoms with Gasteiger partial charge in [-0.3, -0.25) is 24.6 Å². The van der Waals surface area contributed by atoms with Crippen LogP contribution in [0.3, 0.4) is 0 Å². The predicted molar refractivity (Wildman–Crippen MR) is 104 cm³/mol. The molecule has 3 saturated heterocycles. The molecule has 29 heavy (non-hydrogen) atoms. The number of nitrogens with one attached hydrogen (secondary N) is 2. The Labute approximate surface area is 169 Å². The highest BCUT2D eigenvalue weighted by atomic mass is 16.5. The molecule has 0 bridgehead atoms. The van der Waals surface area contributed by atoms with E-state index in [2.05, 4.69) is 15.5 Å². The van der Waals surface area contributed by atoms with E-state index in [0.29, 0.717) is 25.6 Å². The summed E-state index contributed by atoms with van der Waals surface area (Å²) in [6.07, 6.45) is 1.93. The second-order valence-corrected chi connectivity index (χ2v) is 8.34. The summed E-state index contributed by atoms with van der Waals surface area (Å²) < 4.78 is 5.86. The first-order valence-corrected chi connectivity index (χ1v) is 10.4. The van der Waals surface area contributed by atoms with Crippen LogP contribution >= 0.6 is 0 Å². The monoisotopic (exact) mass is 398 g/mol. The molecule has 0 aromatic heterocycles. The molecule has 1 aromatic carbocycles. The van der Waals surface area contributed by atoms with Crippen molar-refractivity contribution in [1.29, 1.82) is 0 Å². The second-order valence-electron chi connectivity index (χ2n) is 8.34. The van der Waals surface area contributed by atoms with Gasteiger partial charge in [-0.25, -0.2) is 0 Å². The Morgan fingerprint density at radius 2 is 2.07 bits per heavy atom. The van der Waals surface area contributed by atoms with Gasteiger partial charge in [-0.05, 0) is 24.0 Å². The number of benzene rings is 1. The maximum Gasteiger partial charge on any atom is 0.255 e. The Kier molecular flexibility index (Phi) is 4.85. The van der Waals surface area contributed by atoms with Crippen LogP contribution in [0.15, 0.2) is 18.2 Å². The molecular weight excluding hydrogens is 372 g/mol. The standard InChI is InChI=1S/C21H26N4O4/c26-18-5-4-16(20(27)23-18)25-11-14-3-1-2-13(19(14)21(25)28)10-24-8-6-17-15(12-24)22-7-9-29-17/h1-3,15-17,22H,4-12H2,(H,23,26,27)/t15-,16?,17+/m0/s1. The van der Waals surface area contributed by atoms with Crippen molar-refractivity contribution in [2.24, 2.45) is 0 Å². The topological polar surface area (TPSA) is 91.0 Å². The molecule has 3 atom stereocenters. The molecule has 0 spiro atoms. The zero-order chi connectivity index (χ0) is 20.0. The minimum atomic E-state index is -0.570. The average molecular weight is 398 g/mol. The summed E-state index contributed by atoms with van der Waals surface area (Å²) in [7, 11) is 0. The largest absolute Gasteiger partial charge is 0.375 e. The van der Waals surface area contributed by atoms with Crippen LogP contribution in [0.1, 0.15) is 40.7 Å². The normalized spacial score (nSPS) is 30.1. The number of piperidine rings is 2. The van der Waals surface area contributed by atoms with Gasteiger partial charge in [-0.15, -0.1) is 0 Å². The summed E-state index contributed by atoms with van der Waals surface area (Å²) >= 11 is 0. The highest BCUT2D eigenvalue weighted by molar-refractivity contribution is 6.05. The molecule has 1 aromatic rings. The van der Waals surface area contributed by atoms with Crippen LogP contribution in [0.5, 0.6) is 0 Å². The number of carbonyl (C=O) groups is 3. The number of hydrogen-bond donors (Lipinski definition) is 2. The van der Waals surface area contributed by atoms with Gasteiger partial charge in [-0.2, -0.15) is 0 Å². The first-order valence-electron chi connectivity index (χ1n) is 10.4. The first-order chi connectivity index (χ1) is 14.1. The van der Waals surface area contributed by atoms with E-state index >= 15 is 0 Å². The molecule has 1 unspecified atom stereocenters. The lowest BCUT2D eigenvalue weighted by Crippen LogP contribution is -2.58. The number of nitrogens with zero attached hydrogens (tertiary/aromatic N) is 2. The summed E-state index contributed by atoms with van der Waals surface area (Å²) in [4.78, 5) is 40.9. The fraction of sp³-hybridized carbons (Fsp3) is 0.571. The molecule has 8 heteroatoms. The van der Waals surface area contributed by atoms with Crippen molar-refractivity contribution in [2.45, 2.75) is 50.5 Å². The average Bonchev–Trinajstić information content (AvgIpc) is 3.05. The molecule has 4 heterocycles. The van der Waals surface area contributed by atoms with E-state index < -0.39 is 6.04 Å². The maximum atomic E-state index is 13.2. The van der Waals surface area contributed by atoms with E-state index in [-0.39, 0.29) is 30.2 Å². The SMILES string of the molecule is O=C1CCC(N2Cc3cccc(CN4CC[C@H]5OCCN[C@H]5C4)c3C2=O)C(=O)N1. The van der Waals surface area contributed by atoms with E-state index in [1.807, 2.05) is 18.2 Å². The number of morpholine rings is 1. The van der Waals surface area contributed by atoms with Crippen LogP contribution in [0.25, 0.3) is 0 Å². The minimum absolute atomic E-state index is 0.0980. The van der Waals surface area contributed by atoms with E-state index in [4.69, 9.17) is 4.74 Å². The van der Waals surface area contributed by atoms with Crippen molar-refractivity contribution >= 4 is 17.7 Å². The molecule has 5 rings (SSSR count). The van der Waals surface area contributed by atoms with Crippen molar-refractivity contribution in [3.05, 3.63) is 34.9 Å². The molecular formula is C21H26N4O4. The van der Waals surface area contributed by atoms with Gasteiger partial charge in [0.1, 0.15) is 6.04 Å². The minimum Gasteiger partial charge on any atom is -0.375 e. The molecule has 8 nitrogen and oxygen atoms in total. The van der Waals surface area contributed by atoms with Crippen LogP contribution in [0.2, 0.25) is 0 Å². The Hall–Kier alpha value is -2.29. The predicted octanol–water partition coefficient (Wildman–Crippen LogP) is 0.0103. The van der Waals surface area contributed by atoms with Crippen LogP contribution in [-0.2, 0) is 27.4 Å². The Bertz CT molecular complexity index is 857. The quantitative estimate of drug-likeness (QED) is 0.697. The van der Waals surface area contributed by atoms with Gasteiger partial charge in [0.15, 0.2) is 0 Å². The Morgan fingerprint density at radius 3 is 2.93 bits per heavy atom. The molecule has 0 aliphatic carbocycles. The van der Waals surface area contributed by atoms with Crippen molar-refractivity contribution in [3.8, 4) is 0 Å². The summed E-state index contributed by atoms with van der Waals surface area (Å²) in [6.45, 7) is 4.64. The van der Waals surface area contributed by atoms with Crippen molar-refractivity contribution < 1.29 is 19.1 Å². The molecule has 3 amide bonds. The summed E-state index contributed by atoms with van der Waals surface area (Å²) in [5, 5.41) is 5.90. The smallest absolute Gasteiger partial charge is 0.255 e. The fourth-order valence-corrected chi connectivity index (χ4v) is 5.05.